The lowest BCUT2D eigenvalue weighted by atomic mass is 9.99. The first kappa shape index (κ1) is 11.0. The molecule has 0 aliphatic rings. The van der Waals surface area contributed by atoms with Gasteiger partial charge in [0.2, 0.25) is 0 Å². The average Bonchev–Trinajstić information content (AvgIpc) is 2.16. The topological polar surface area (TPSA) is 0 Å². The summed E-state index contributed by atoms with van der Waals surface area (Å²) in [5.41, 5.74) is 3.97. The van der Waals surface area contributed by atoms with Gasteiger partial charge in [-0.05, 0) is 22.6 Å². The number of rotatable bonds is 3. The lowest BCUT2D eigenvalue weighted by Gasteiger charge is -2.09. The van der Waals surface area contributed by atoms with Crippen LogP contribution in [0, 0.1) is 0 Å². The van der Waals surface area contributed by atoms with Crippen LogP contribution in [0.4, 0.5) is 0 Å². The van der Waals surface area contributed by atoms with Crippen molar-refractivity contribution in [2.45, 2.75) is 31.3 Å². The van der Waals surface area contributed by atoms with Crippen molar-refractivity contribution in [1.29, 1.82) is 0 Å². The van der Waals surface area contributed by atoms with E-state index in [1.807, 2.05) is 0 Å². The van der Waals surface area contributed by atoms with E-state index in [4.69, 9.17) is 0 Å². The highest BCUT2D eigenvalue weighted by molar-refractivity contribution is 7.79. The zero-order valence-electron chi connectivity index (χ0n) is 8.12. The molecule has 72 valence electrons. The van der Waals surface area contributed by atoms with E-state index in [-0.39, 0.29) is 0 Å². The van der Waals surface area contributed by atoms with Crippen molar-refractivity contribution in [3.63, 3.8) is 0 Å². The van der Waals surface area contributed by atoms with Gasteiger partial charge < -0.3 is 0 Å². The monoisotopic (exact) mass is 212 g/mol. The van der Waals surface area contributed by atoms with Crippen LogP contribution in [0.5, 0.6) is 0 Å². The molecule has 0 unspecified atom stereocenters. The van der Waals surface area contributed by atoms with Crippen LogP contribution >= 0.6 is 25.3 Å². The van der Waals surface area contributed by atoms with Gasteiger partial charge in [0.25, 0.3) is 0 Å². The molecule has 0 N–H and O–H groups in total. The number of thiol groups is 2. The van der Waals surface area contributed by atoms with Gasteiger partial charge in [0.1, 0.15) is 0 Å². The van der Waals surface area contributed by atoms with Crippen molar-refractivity contribution >= 4 is 25.3 Å². The van der Waals surface area contributed by atoms with Crippen molar-refractivity contribution in [2.75, 3.05) is 0 Å². The lowest BCUT2D eigenvalue weighted by molar-refractivity contribution is 0.862. The van der Waals surface area contributed by atoms with Gasteiger partial charge in [-0.2, -0.15) is 25.3 Å². The van der Waals surface area contributed by atoms with E-state index in [2.05, 4.69) is 57.3 Å². The van der Waals surface area contributed by atoms with Crippen LogP contribution in [0.1, 0.15) is 36.5 Å². The molecule has 13 heavy (non-hydrogen) atoms. The first-order valence-corrected chi connectivity index (χ1v) is 5.78. The quantitative estimate of drug-likeness (QED) is 0.702. The van der Waals surface area contributed by atoms with Crippen molar-refractivity contribution in [2.24, 2.45) is 0 Å². The highest BCUT2D eigenvalue weighted by atomic mass is 32.1. The van der Waals surface area contributed by atoms with Crippen molar-refractivity contribution in [3.8, 4) is 0 Å². The molecule has 0 amide bonds. The summed E-state index contributed by atoms with van der Waals surface area (Å²) in [5.74, 6) is 2.20. The maximum atomic E-state index is 4.29. The van der Waals surface area contributed by atoms with Gasteiger partial charge in [-0.25, -0.2) is 0 Å². The molecule has 0 saturated heterocycles. The summed E-state index contributed by atoms with van der Waals surface area (Å²) in [5, 5.41) is 0. The summed E-state index contributed by atoms with van der Waals surface area (Å²) in [6.07, 6.45) is 0. The summed E-state index contributed by atoms with van der Waals surface area (Å²) >= 11 is 8.57. The average molecular weight is 212 g/mol. The van der Waals surface area contributed by atoms with Gasteiger partial charge in [-0.15, -0.1) is 0 Å². The Labute approximate surface area is 91.6 Å². The Balaban J connectivity index is 3.07. The van der Waals surface area contributed by atoms with Crippen molar-refractivity contribution < 1.29 is 0 Å². The fourth-order valence-corrected chi connectivity index (χ4v) is 1.67. The summed E-state index contributed by atoms with van der Waals surface area (Å²) in [6, 6.07) is 6.63. The molecule has 0 spiro atoms. The zero-order chi connectivity index (χ0) is 9.84. The van der Waals surface area contributed by atoms with E-state index in [1.165, 1.54) is 16.7 Å². The standard InChI is InChI=1S/C11H16S2/c1-8(2)11-4-9(6-12)3-10(5-11)7-13/h3-5,8,12-13H,6-7H2,1-2H3. The Morgan fingerprint density at radius 3 is 1.77 bits per heavy atom. The minimum atomic E-state index is 0.582. The molecule has 0 fully saturated rings. The Kier molecular flexibility index (Phi) is 4.20. The second-order valence-electron chi connectivity index (χ2n) is 3.55. The van der Waals surface area contributed by atoms with E-state index in [1.54, 1.807) is 0 Å². The molecule has 1 rings (SSSR count). The second kappa shape index (κ2) is 4.97. The molecule has 1 aromatic carbocycles. The first-order chi connectivity index (χ1) is 6.17. The minimum Gasteiger partial charge on any atom is -0.175 e. The summed E-state index contributed by atoms with van der Waals surface area (Å²) in [4.78, 5) is 0. The Hall–Kier alpha value is -0.0800. The lowest BCUT2D eigenvalue weighted by Crippen LogP contribution is -1.92. The van der Waals surface area contributed by atoms with Crippen LogP contribution in [0.25, 0.3) is 0 Å². The van der Waals surface area contributed by atoms with Crippen LogP contribution in [-0.2, 0) is 11.5 Å². The van der Waals surface area contributed by atoms with Crippen LogP contribution in [0.3, 0.4) is 0 Å². The second-order valence-corrected chi connectivity index (χ2v) is 4.19. The van der Waals surface area contributed by atoms with Gasteiger partial charge in [0.15, 0.2) is 0 Å². The van der Waals surface area contributed by atoms with Gasteiger partial charge in [0.05, 0.1) is 0 Å². The third kappa shape index (κ3) is 2.96. The van der Waals surface area contributed by atoms with Gasteiger partial charge in [0, 0.05) is 11.5 Å². The smallest absolute Gasteiger partial charge is 0.0154 e. The van der Waals surface area contributed by atoms with E-state index in [0.29, 0.717) is 5.92 Å². The number of benzene rings is 1. The third-order valence-electron chi connectivity index (χ3n) is 2.11. The van der Waals surface area contributed by atoms with Crippen LogP contribution < -0.4 is 0 Å². The maximum absolute atomic E-state index is 4.29. The fraction of sp³-hybridized carbons (Fsp3) is 0.455. The van der Waals surface area contributed by atoms with E-state index >= 15 is 0 Å². The molecule has 0 bridgehead atoms. The molecule has 0 saturated carbocycles. The SMILES string of the molecule is CC(C)c1cc(CS)cc(CS)c1. The largest absolute Gasteiger partial charge is 0.175 e. The van der Waals surface area contributed by atoms with Crippen LogP contribution in [0.2, 0.25) is 0 Å². The van der Waals surface area contributed by atoms with Gasteiger partial charge in [-0.1, -0.05) is 32.0 Å². The third-order valence-corrected chi connectivity index (χ3v) is 2.84. The Morgan fingerprint density at radius 2 is 1.46 bits per heavy atom. The fourth-order valence-electron chi connectivity index (χ4n) is 1.31. The van der Waals surface area contributed by atoms with E-state index < -0.39 is 0 Å². The number of hydrogen-bond donors (Lipinski definition) is 2. The molecular formula is C11H16S2. The molecule has 0 aliphatic carbocycles. The van der Waals surface area contributed by atoms with Gasteiger partial charge in [-0.3, -0.25) is 0 Å². The maximum Gasteiger partial charge on any atom is 0.0154 e. The molecule has 1 aromatic rings. The van der Waals surface area contributed by atoms with Crippen LogP contribution in [0.15, 0.2) is 18.2 Å². The molecule has 0 radical (unpaired) electrons. The predicted molar refractivity (Wildman–Crippen MR) is 65.9 cm³/mol. The Morgan fingerprint density at radius 1 is 1.00 bits per heavy atom. The molecular weight excluding hydrogens is 196 g/mol. The summed E-state index contributed by atoms with van der Waals surface area (Å²) < 4.78 is 0. The molecule has 0 nitrogen and oxygen atoms in total. The van der Waals surface area contributed by atoms with E-state index in [9.17, 15) is 0 Å². The van der Waals surface area contributed by atoms with Crippen LogP contribution in [-0.4, -0.2) is 0 Å². The number of hydrogen-bond acceptors (Lipinski definition) is 2. The predicted octanol–water partition coefficient (Wildman–Crippen LogP) is 3.67. The molecule has 0 aliphatic heterocycles. The minimum absolute atomic E-state index is 0.582. The first-order valence-electron chi connectivity index (χ1n) is 4.51. The zero-order valence-corrected chi connectivity index (χ0v) is 9.91. The summed E-state index contributed by atoms with van der Waals surface area (Å²) in [6.45, 7) is 4.42. The Bertz CT molecular complexity index is 257. The van der Waals surface area contributed by atoms with Gasteiger partial charge >= 0.3 is 0 Å². The van der Waals surface area contributed by atoms with Crippen molar-refractivity contribution in [1.82, 2.24) is 0 Å². The normalized spacial score (nSPS) is 10.8. The van der Waals surface area contributed by atoms with E-state index in [0.717, 1.165) is 11.5 Å². The molecule has 0 atom stereocenters. The highest BCUT2D eigenvalue weighted by Crippen LogP contribution is 2.20. The molecule has 2 heteroatoms. The molecule has 0 heterocycles. The van der Waals surface area contributed by atoms with Crippen molar-refractivity contribution in [3.05, 3.63) is 34.9 Å². The molecule has 0 aromatic heterocycles. The summed E-state index contributed by atoms with van der Waals surface area (Å²) in [7, 11) is 0. The highest BCUT2D eigenvalue weighted by Gasteiger charge is 2.02.